The van der Waals surface area contributed by atoms with E-state index in [0.717, 1.165) is 31.2 Å². The molecule has 2 aliphatic rings. The molecule has 0 heterocycles. The molecule has 2 fully saturated rings. The minimum absolute atomic E-state index is 0.360. The van der Waals surface area contributed by atoms with Crippen LogP contribution in [0, 0.1) is 11.8 Å². The molecule has 104 valence electrons. The van der Waals surface area contributed by atoms with Crippen LogP contribution in [-0.2, 0) is 4.79 Å². The quantitative estimate of drug-likeness (QED) is 0.703. The monoisotopic (exact) mass is 315 g/mol. The summed E-state index contributed by atoms with van der Waals surface area (Å²) in [4.78, 5) is 14.7. The molecule has 2 aliphatic carbocycles. The topological polar surface area (TPSA) is 20.3 Å². The van der Waals surface area contributed by atoms with E-state index in [-0.39, 0.29) is 0 Å². The zero-order chi connectivity index (χ0) is 13.0. The van der Waals surface area contributed by atoms with Crippen LogP contribution in [0.1, 0.15) is 57.8 Å². The van der Waals surface area contributed by atoms with Crippen LogP contribution in [0.3, 0.4) is 0 Å². The van der Waals surface area contributed by atoms with E-state index >= 15 is 0 Å². The van der Waals surface area contributed by atoms with E-state index in [4.69, 9.17) is 0 Å². The Morgan fingerprint density at radius 1 is 1.17 bits per heavy atom. The van der Waals surface area contributed by atoms with Gasteiger partial charge in [0, 0.05) is 24.8 Å². The first kappa shape index (κ1) is 14.4. The van der Waals surface area contributed by atoms with Gasteiger partial charge >= 0.3 is 0 Å². The smallest absolute Gasteiger partial charge is 0.222 e. The Balaban J connectivity index is 1.61. The van der Waals surface area contributed by atoms with E-state index in [9.17, 15) is 4.79 Å². The van der Waals surface area contributed by atoms with Gasteiger partial charge in [0.05, 0.1) is 0 Å². The third kappa shape index (κ3) is 4.25. The minimum Gasteiger partial charge on any atom is -0.345 e. The number of halogens is 1. The lowest BCUT2D eigenvalue weighted by Crippen LogP contribution is -2.37. The maximum Gasteiger partial charge on any atom is 0.222 e. The highest BCUT2D eigenvalue weighted by atomic mass is 79.9. The van der Waals surface area contributed by atoms with Gasteiger partial charge < -0.3 is 4.90 Å². The second-order valence-electron chi connectivity index (χ2n) is 6.25. The molecule has 0 aromatic heterocycles. The van der Waals surface area contributed by atoms with E-state index in [0.29, 0.717) is 10.7 Å². The summed E-state index contributed by atoms with van der Waals surface area (Å²) >= 11 is 3.61. The van der Waals surface area contributed by atoms with Crippen molar-refractivity contribution in [1.29, 1.82) is 0 Å². The Kier molecular flexibility index (Phi) is 5.53. The number of alkyl halides is 1. The van der Waals surface area contributed by atoms with Crippen molar-refractivity contribution < 1.29 is 4.79 Å². The molecule has 18 heavy (non-hydrogen) atoms. The molecule has 0 aromatic carbocycles. The van der Waals surface area contributed by atoms with Crippen molar-refractivity contribution >= 4 is 21.8 Å². The summed E-state index contributed by atoms with van der Waals surface area (Å²) in [5, 5.41) is 0. The van der Waals surface area contributed by atoms with Gasteiger partial charge in [0.15, 0.2) is 0 Å². The van der Waals surface area contributed by atoms with Gasteiger partial charge in [-0.3, -0.25) is 4.79 Å². The van der Waals surface area contributed by atoms with Gasteiger partial charge in [0.25, 0.3) is 0 Å². The summed E-state index contributed by atoms with van der Waals surface area (Å²) in [6, 6.07) is 0. The average molecular weight is 316 g/mol. The highest BCUT2D eigenvalue weighted by molar-refractivity contribution is 9.09. The summed E-state index contributed by atoms with van der Waals surface area (Å²) in [5.74, 6) is 1.92. The molecule has 0 N–H and O–H groups in total. The number of nitrogens with zero attached hydrogens (tertiary/aromatic N) is 1. The van der Waals surface area contributed by atoms with Gasteiger partial charge in [0.2, 0.25) is 5.91 Å². The van der Waals surface area contributed by atoms with Gasteiger partial charge in [-0.05, 0) is 31.1 Å². The lowest BCUT2D eigenvalue weighted by Gasteiger charge is -2.34. The fraction of sp³-hybridized carbons (Fsp3) is 0.933. The zero-order valence-corrected chi connectivity index (χ0v) is 13.1. The third-order valence-corrected chi connectivity index (χ3v) is 5.37. The Morgan fingerprint density at radius 2 is 1.83 bits per heavy atom. The van der Waals surface area contributed by atoms with E-state index in [2.05, 4.69) is 15.9 Å². The molecule has 0 bridgehead atoms. The molecular formula is C15H26BrNO. The van der Waals surface area contributed by atoms with Crippen LogP contribution >= 0.6 is 15.9 Å². The van der Waals surface area contributed by atoms with Crippen LogP contribution in [0.2, 0.25) is 0 Å². The molecule has 1 amide bonds. The predicted octanol–water partition coefficient (Wildman–Crippen LogP) is 3.98. The highest BCUT2D eigenvalue weighted by Gasteiger charge is 2.28. The van der Waals surface area contributed by atoms with E-state index in [1.165, 1.54) is 44.9 Å². The van der Waals surface area contributed by atoms with E-state index in [1.54, 1.807) is 0 Å². The lowest BCUT2D eigenvalue weighted by atomic mass is 9.84. The minimum atomic E-state index is 0.360. The van der Waals surface area contributed by atoms with Crippen molar-refractivity contribution in [2.24, 2.45) is 11.8 Å². The van der Waals surface area contributed by atoms with Crippen molar-refractivity contribution in [1.82, 2.24) is 4.90 Å². The van der Waals surface area contributed by atoms with Crippen LogP contribution < -0.4 is 0 Å². The molecule has 0 radical (unpaired) electrons. The van der Waals surface area contributed by atoms with Gasteiger partial charge in [-0.1, -0.05) is 48.0 Å². The molecule has 3 heteroatoms. The maximum atomic E-state index is 12.1. The van der Waals surface area contributed by atoms with Crippen molar-refractivity contribution in [3.63, 3.8) is 0 Å². The molecule has 2 saturated carbocycles. The Morgan fingerprint density at radius 3 is 2.44 bits per heavy atom. The number of carbonyl (C=O) groups excluding carboxylic acids is 1. The molecule has 0 atom stereocenters. The second-order valence-corrected chi connectivity index (χ2v) is 7.55. The van der Waals surface area contributed by atoms with Crippen LogP contribution in [0.15, 0.2) is 0 Å². The molecule has 2 nitrogen and oxygen atoms in total. The first-order chi connectivity index (χ1) is 8.65. The predicted molar refractivity (Wildman–Crippen MR) is 78.9 cm³/mol. The SMILES string of the molecule is CN(CC1CC(Br)C1)C(=O)CCC1CCCCC1. The number of hydrogen-bond acceptors (Lipinski definition) is 1. The summed E-state index contributed by atoms with van der Waals surface area (Å²) in [6.45, 7) is 0.964. The second kappa shape index (κ2) is 6.93. The first-order valence-corrected chi connectivity index (χ1v) is 8.44. The van der Waals surface area contributed by atoms with Gasteiger partial charge in [0.1, 0.15) is 0 Å². The standard InChI is InChI=1S/C15H26BrNO/c1-17(11-13-9-14(16)10-13)15(18)8-7-12-5-3-2-4-6-12/h12-14H,2-11H2,1H3. The van der Waals surface area contributed by atoms with Crippen LogP contribution in [0.25, 0.3) is 0 Å². The fourth-order valence-electron chi connectivity index (χ4n) is 3.29. The summed E-state index contributed by atoms with van der Waals surface area (Å²) in [5.41, 5.74) is 0. The van der Waals surface area contributed by atoms with Crippen LogP contribution in [-0.4, -0.2) is 29.2 Å². The Bertz CT molecular complexity index is 270. The highest BCUT2D eigenvalue weighted by Crippen LogP contribution is 2.34. The van der Waals surface area contributed by atoms with Crippen LogP contribution in [0.5, 0.6) is 0 Å². The number of hydrogen-bond donors (Lipinski definition) is 0. The molecule has 2 rings (SSSR count). The van der Waals surface area contributed by atoms with Crippen molar-refractivity contribution in [2.75, 3.05) is 13.6 Å². The third-order valence-electron chi connectivity index (χ3n) is 4.63. The largest absolute Gasteiger partial charge is 0.345 e. The lowest BCUT2D eigenvalue weighted by molar-refractivity contribution is -0.131. The zero-order valence-electron chi connectivity index (χ0n) is 11.5. The van der Waals surface area contributed by atoms with Gasteiger partial charge in [-0.15, -0.1) is 0 Å². The van der Waals surface area contributed by atoms with Gasteiger partial charge in [-0.2, -0.15) is 0 Å². The average Bonchev–Trinajstić information content (AvgIpc) is 2.35. The molecule has 0 aliphatic heterocycles. The normalized spacial score (nSPS) is 28.8. The molecule has 0 spiro atoms. The molecular weight excluding hydrogens is 290 g/mol. The van der Waals surface area contributed by atoms with Crippen LogP contribution in [0.4, 0.5) is 0 Å². The Hall–Kier alpha value is -0.0500. The maximum absolute atomic E-state index is 12.1. The fourth-order valence-corrected chi connectivity index (χ4v) is 4.34. The molecule has 0 unspecified atom stereocenters. The first-order valence-electron chi connectivity index (χ1n) is 7.53. The summed E-state index contributed by atoms with van der Waals surface area (Å²) in [6.07, 6.45) is 11.2. The number of carbonyl (C=O) groups is 1. The summed E-state index contributed by atoms with van der Waals surface area (Å²) < 4.78 is 0. The Labute approximate surface area is 120 Å². The van der Waals surface area contributed by atoms with E-state index in [1.807, 2.05) is 11.9 Å². The number of amides is 1. The molecule has 0 aromatic rings. The molecule has 0 saturated heterocycles. The van der Waals surface area contributed by atoms with Crippen molar-refractivity contribution in [3.05, 3.63) is 0 Å². The van der Waals surface area contributed by atoms with E-state index < -0.39 is 0 Å². The van der Waals surface area contributed by atoms with Crippen molar-refractivity contribution in [3.8, 4) is 0 Å². The number of rotatable bonds is 5. The van der Waals surface area contributed by atoms with Crippen molar-refractivity contribution in [2.45, 2.75) is 62.6 Å². The summed E-state index contributed by atoms with van der Waals surface area (Å²) in [7, 11) is 1.98. The van der Waals surface area contributed by atoms with Gasteiger partial charge in [-0.25, -0.2) is 0 Å².